The monoisotopic (exact) mass is 271 g/mol. The van der Waals surface area contributed by atoms with E-state index < -0.39 is 0 Å². The van der Waals surface area contributed by atoms with Crippen molar-refractivity contribution in [2.75, 3.05) is 7.11 Å². The van der Waals surface area contributed by atoms with Gasteiger partial charge in [-0.1, -0.05) is 24.3 Å². The Bertz CT molecular complexity index is 579. The molecule has 0 fully saturated rings. The van der Waals surface area contributed by atoms with Crippen molar-refractivity contribution < 1.29 is 14.3 Å². The lowest BCUT2D eigenvalue weighted by Crippen LogP contribution is -2.08. The summed E-state index contributed by atoms with van der Waals surface area (Å²) >= 11 is 0. The van der Waals surface area contributed by atoms with Crippen LogP contribution in [0, 0.1) is 6.92 Å². The molecule has 1 heterocycles. The van der Waals surface area contributed by atoms with Gasteiger partial charge in [0.15, 0.2) is 0 Å². The van der Waals surface area contributed by atoms with Crippen molar-refractivity contribution in [3.05, 3.63) is 59.4 Å². The van der Waals surface area contributed by atoms with Gasteiger partial charge in [-0.05, 0) is 30.2 Å². The van der Waals surface area contributed by atoms with E-state index in [2.05, 4.69) is 4.98 Å². The number of esters is 1. The Hall–Kier alpha value is -2.36. The van der Waals surface area contributed by atoms with Gasteiger partial charge in [0.1, 0.15) is 12.4 Å². The molecule has 0 spiro atoms. The molecule has 4 heteroatoms. The molecular formula is C16H17NO3. The summed E-state index contributed by atoms with van der Waals surface area (Å²) in [5, 5.41) is 0. The number of methoxy groups -OCH3 is 1. The van der Waals surface area contributed by atoms with Gasteiger partial charge in [-0.15, -0.1) is 0 Å². The number of carbonyl (C=O) groups excluding carboxylic acids is 1. The van der Waals surface area contributed by atoms with E-state index in [1.165, 1.54) is 7.11 Å². The van der Waals surface area contributed by atoms with Gasteiger partial charge in [-0.25, -0.2) is 0 Å². The topological polar surface area (TPSA) is 48.4 Å². The molecule has 2 aromatic rings. The number of carbonyl (C=O) groups is 1. The van der Waals surface area contributed by atoms with Gasteiger partial charge >= 0.3 is 5.97 Å². The lowest BCUT2D eigenvalue weighted by atomic mass is 10.1. The van der Waals surface area contributed by atoms with Crippen LogP contribution in [0.25, 0.3) is 0 Å². The van der Waals surface area contributed by atoms with Crippen LogP contribution in [0.4, 0.5) is 0 Å². The fourth-order valence-corrected chi connectivity index (χ4v) is 1.80. The number of hydrogen-bond donors (Lipinski definition) is 0. The lowest BCUT2D eigenvalue weighted by molar-refractivity contribution is -0.139. The molecule has 0 N–H and O–H groups in total. The molecule has 0 saturated heterocycles. The highest BCUT2D eigenvalue weighted by Gasteiger charge is 2.08. The normalized spacial score (nSPS) is 10.1. The molecule has 1 aromatic carbocycles. The summed E-state index contributed by atoms with van der Waals surface area (Å²) in [6.07, 6.45) is 1.94. The van der Waals surface area contributed by atoms with Gasteiger partial charge in [0.05, 0.1) is 19.7 Å². The standard InChI is InChI=1S/C16H17NO3/c1-12-7-8-15(10-17-12)20-11-14-6-4-3-5-13(14)9-16(18)19-2/h3-8,10H,9,11H2,1-2H3. The van der Waals surface area contributed by atoms with Crippen LogP contribution in [0.15, 0.2) is 42.6 Å². The molecule has 20 heavy (non-hydrogen) atoms. The molecule has 1 aromatic heterocycles. The van der Waals surface area contributed by atoms with Crippen LogP contribution in [0.3, 0.4) is 0 Å². The van der Waals surface area contributed by atoms with Crippen molar-refractivity contribution in [3.8, 4) is 5.75 Å². The van der Waals surface area contributed by atoms with E-state index in [4.69, 9.17) is 9.47 Å². The first-order chi connectivity index (χ1) is 9.69. The Morgan fingerprint density at radius 2 is 1.90 bits per heavy atom. The molecule has 0 bridgehead atoms. The van der Waals surface area contributed by atoms with Gasteiger partial charge in [0, 0.05) is 5.69 Å². The predicted octanol–water partition coefficient (Wildman–Crippen LogP) is 2.68. The molecular weight excluding hydrogens is 254 g/mol. The minimum atomic E-state index is -0.255. The summed E-state index contributed by atoms with van der Waals surface area (Å²) in [6.45, 7) is 2.33. The fraction of sp³-hybridized carbons (Fsp3) is 0.250. The van der Waals surface area contributed by atoms with Gasteiger partial charge in [-0.2, -0.15) is 0 Å². The number of nitrogens with zero attached hydrogens (tertiary/aromatic N) is 1. The van der Waals surface area contributed by atoms with Crippen molar-refractivity contribution in [2.24, 2.45) is 0 Å². The number of aromatic nitrogens is 1. The van der Waals surface area contributed by atoms with E-state index in [0.29, 0.717) is 12.4 Å². The smallest absolute Gasteiger partial charge is 0.309 e. The highest BCUT2D eigenvalue weighted by molar-refractivity contribution is 5.72. The quantitative estimate of drug-likeness (QED) is 0.784. The summed E-state index contributed by atoms with van der Waals surface area (Å²) in [7, 11) is 1.39. The molecule has 2 rings (SSSR count). The average molecular weight is 271 g/mol. The van der Waals surface area contributed by atoms with E-state index in [0.717, 1.165) is 16.8 Å². The molecule has 4 nitrogen and oxygen atoms in total. The van der Waals surface area contributed by atoms with Crippen LogP contribution in [-0.4, -0.2) is 18.1 Å². The molecule has 0 radical (unpaired) electrons. The van der Waals surface area contributed by atoms with Crippen molar-refractivity contribution in [1.29, 1.82) is 0 Å². The van der Waals surface area contributed by atoms with E-state index in [1.807, 2.05) is 43.3 Å². The maximum Gasteiger partial charge on any atom is 0.309 e. The van der Waals surface area contributed by atoms with Gasteiger partial charge in [-0.3, -0.25) is 9.78 Å². The molecule has 0 amide bonds. The Morgan fingerprint density at radius 3 is 2.55 bits per heavy atom. The largest absolute Gasteiger partial charge is 0.487 e. The number of aryl methyl sites for hydroxylation is 1. The van der Waals surface area contributed by atoms with Crippen LogP contribution in [0.2, 0.25) is 0 Å². The highest BCUT2D eigenvalue weighted by atomic mass is 16.5. The highest BCUT2D eigenvalue weighted by Crippen LogP contribution is 2.15. The zero-order valence-electron chi connectivity index (χ0n) is 11.6. The van der Waals surface area contributed by atoms with Crippen molar-refractivity contribution in [1.82, 2.24) is 4.98 Å². The molecule has 0 aliphatic rings. The Morgan fingerprint density at radius 1 is 1.15 bits per heavy atom. The van der Waals surface area contributed by atoms with Gasteiger partial charge in [0.2, 0.25) is 0 Å². The minimum Gasteiger partial charge on any atom is -0.487 e. The number of hydrogen-bond acceptors (Lipinski definition) is 4. The molecule has 0 saturated carbocycles. The third-order valence-corrected chi connectivity index (χ3v) is 2.96. The fourth-order valence-electron chi connectivity index (χ4n) is 1.80. The van der Waals surface area contributed by atoms with E-state index >= 15 is 0 Å². The maximum atomic E-state index is 11.4. The molecule has 0 unspecified atom stereocenters. The average Bonchev–Trinajstić information content (AvgIpc) is 2.48. The Balaban J connectivity index is 2.05. The first-order valence-corrected chi connectivity index (χ1v) is 6.38. The Labute approximate surface area is 118 Å². The number of rotatable bonds is 5. The summed E-state index contributed by atoms with van der Waals surface area (Å²) < 4.78 is 10.4. The van der Waals surface area contributed by atoms with Gasteiger partial charge < -0.3 is 9.47 Å². The van der Waals surface area contributed by atoms with Crippen LogP contribution in [0.5, 0.6) is 5.75 Å². The lowest BCUT2D eigenvalue weighted by Gasteiger charge is -2.10. The zero-order valence-corrected chi connectivity index (χ0v) is 11.6. The van der Waals surface area contributed by atoms with Crippen LogP contribution in [-0.2, 0) is 22.6 Å². The maximum absolute atomic E-state index is 11.4. The summed E-state index contributed by atoms with van der Waals surface area (Å²) in [4.78, 5) is 15.5. The third-order valence-electron chi connectivity index (χ3n) is 2.96. The second kappa shape index (κ2) is 6.70. The Kier molecular flexibility index (Phi) is 4.71. The van der Waals surface area contributed by atoms with Crippen LogP contribution >= 0.6 is 0 Å². The number of pyridine rings is 1. The third kappa shape index (κ3) is 3.82. The van der Waals surface area contributed by atoms with Crippen molar-refractivity contribution >= 4 is 5.97 Å². The zero-order chi connectivity index (χ0) is 14.4. The second-order valence-corrected chi connectivity index (χ2v) is 4.45. The second-order valence-electron chi connectivity index (χ2n) is 4.45. The van der Waals surface area contributed by atoms with Crippen LogP contribution in [0.1, 0.15) is 16.8 Å². The summed E-state index contributed by atoms with van der Waals surface area (Å²) in [6, 6.07) is 11.5. The molecule has 0 aliphatic heterocycles. The summed E-state index contributed by atoms with van der Waals surface area (Å²) in [5.74, 6) is 0.456. The van der Waals surface area contributed by atoms with E-state index in [-0.39, 0.29) is 12.4 Å². The first-order valence-electron chi connectivity index (χ1n) is 6.38. The summed E-state index contributed by atoms with van der Waals surface area (Å²) in [5.41, 5.74) is 2.83. The van der Waals surface area contributed by atoms with Gasteiger partial charge in [0.25, 0.3) is 0 Å². The van der Waals surface area contributed by atoms with Crippen molar-refractivity contribution in [2.45, 2.75) is 20.0 Å². The molecule has 0 aliphatic carbocycles. The van der Waals surface area contributed by atoms with Crippen LogP contribution < -0.4 is 4.74 Å². The minimum absolute atomic E-state index is 0.252. The predicted molar refractivity (Wildman–Crippen MR) is 75.5 cm³/mol. The van der Waals surface area contributed by atoms with Crippen molar-refractivity contribution in [3.63, 3.8) is 0 Å². The first kappa shape index (κ1) is 14.1. The van der Waals surface area contributed by atoms with E-state index in [1.54, 1.807) is 6.20 Å². The molecule has 104 valence electrons. The van der Waals surface area contributed by atoms with E-state index in [9.17, 15) is 4.79 Å². The SMILES string of the molecule is COC(=O)Cc1ccccc1COc1ccc(C)nc1. The number of ether oxygens (including phenoxy) is 2. The molecule has 0 atom stereocenters. The number of benzene rings is 1.